The number of nitrogens with zero attached hydrogens (tertiary/aromatic N) is 3. The van der Waals surface area contributed by atoms with E-state index in [1.54, 1.807) is 17.7 Å². The summed E-state index contributed by atoms with van der Waals surface area (Å²) >= 11 is 0. The van der Waals surface area contributed by atoms with Gasteiger partial charge < -0.3 is 4.74 Å². The van der Waals surface area contributed by atoms with Gasteiger partial charge in [-0.15, -0.1) is 0 Å². The predicted molar refractivity (Wildman–Crippen MR) is 63.9 cm³/mol. The largest absolute Gasteiger partial charge is 0.462 e. The smallest absolute Gasteiger partial charge is 0.339 e. The summed E-state index contributed by atoms with van der Waals surface area (Å²) < 4.78 is 6.73. The average Bonchev–Trinajstić information content (AvgIpc) is 2.54. The van der Waals surface area contributed by atoms with E-state index in [4.69, 9.17) is 4.74 Å². The fourth-order valence-corrected chi connectivity index (χ4v) is 1.94. The summed E-state index contributed by atoms with van der Waals surface area (Å²) in [5, 5.41) is 5.06. The maximum atomic E-state index is 11.9. The minimum absolute atomic E-state index is 0.320. The summed E-state index contributed by atoms with van der Waals surface area (Å²) in [7, 11) is 1.82. The van der Waals surface area contributed by atoms with Crippen molar-refractivity contribution in [1.29, 1.82) is 0 Å². The van der Waals surface area contributed by atoms with Gasteiger partial charge in [-0.05, 0) is 26.8 Å². The molecule has 2 heterocycles. The molecule has 0 aliphatic rings. The molecule has 0 unspecified atom stereocenters. The molecule has 0 N–H and O–H groups in total. The number of hydrogen-bond acceptors (Lipinski definition) is 4. The first-order chi connectivity index (χ1) is 8.04. The van der Waals surface area contributed by atoms with Gasteiger partial charge in [0.25, 0.3) is 0 Å². The predicted octanol–water partition coefficient (Wildman–Crippen LogP) is 1.76. The van der Waals surface area contributed by atoms with E-state index in [0.29, 0.717) is 17.8 Å². The molecule has 0 aromatic carbocycles. The number of ether oxygens (including phenoxy) is 1. The summed E-state index contributed by atoms with van der Waals surface area (Å²) in [6, 6.07) is 1.75. The van der Waals surface area contributed by atoms with E-state index in [1.807, 2.05) is 20.9 Å². The Kier molecular flexibility index (Phi) is 2.83. The first-order valence-corrected chi connectivity index (χ1v) is 5.52. The van der Waals surface area contributed by atoms with Crippen LogP contribution in [0, 0.1) is 13.8 Å². The van der Waals surface area contributed by atoms with Gasteiger partial charge >= 0.3 is 5.97 Å². The number of rotatable bonds is 2. The molecule has 0 fully saturated rings. The zero-order valence-electron chi connectivity index (χ0n) is 10.4. The van der Waals surface area contributed by atoms with Crippen LogP contribution in [0.1, 0.15) is 28.7 Å². The third-order valence-electron chi connectivity index (χ3n) is 2.59. The fourth-order valence-electron chi connectivity index (χ4n) is 1.94. The molecule has 0 saturated heterocycles. The monoisotopic (exact) mass is 233 g/mol. The number of aryl methyl sites for hydroxylation is 3. The second-order valence-electron chi connectivity index (χ2n) is 3.94. The zero-order chi connectivity index (χ0) is 12.6. The zero-order valence-corrected chi connectivity index (χ0v) is 10.4. The van der Waals surface area contributed by atoms with E-state index in [2.05, 4.69) is 10.1 Å². The third-order valence-corrected chi connectivity index (χ3v) is 2.59. The van der Waals surface area contributed by atoms with Crippen LogP contribution in [0.5, 0.6) is 0 Å². The minimum Gasteiger partial charge on any atom is -0.462 e. The standard InChI is InChI=1S/C12H15N3O2/c1-5-17-12(16)9-6-7(2)13-11-10(9)8(3)14-15(11)4/h6H,5H2,1-4H3. The molecular weight excluding hydrogens is 218 g/mol. The molecule has 5 heteroatoms. The summed E-state index contributed by atoms with van der Waals surface area (Å²) in [5.41, 5.74) is 2.83. The summed E-state index contributed by atoms with van der Waals surface area (Å²) in [5.74, 6) is -0.320. The lowest BCUT2D eigenvalue weighted by atomic mass is 10.1. The van der Waals surface area contributed by atoms with Gasteiger partial charge in [0.1, 0.15) is 0 Å². The van der Waals surface area contributed by atoms with E-state index in [9.17, 15) is 4.79 Å². The second-order valence-corrected chi connectivity index (χ2v) is 3.94. The van der Waals surface area contributed by atoms with Crippen molar-refractivity contribution < 1.29 is 9.53 Å². The SMILES string of the molecule is CCOC(=O)c1cc(C)nc2c1c(C)nn2C. The topological polar surface area (TPSA) is 57.0 Å². The number of carbonyl (C=O) groups excluding carboxylic acids is 1. The van der Waals surface area contributed by atoms with Crippen LogP contribution < -0.4 is 0 Å². The van der Waals surface area contributed by atoms with E-state index < -0.39 is 0 Å². The van der Waals surface area contributed by atoms with Gasteiger partial charge in [-0.3, -0.25) is 4.68 Å². The van der Waals surface area contributed by atoms with Crippen LogP contribution in [0.25, 0.3) is 11.0 Å². The number of esters is 1. The maximum absolute atomic E-state index is 11.9. The lowest BCUT2D eigenvalue weighted by Crippen LogP contribution is -2.07. The number of carbonyl (C=O) groups is 1. The van der Waals surface area contributed by atoms with Gasteiger partial charge in [0.05, 0.1) is 23.3 Å². The molecule has 0 spiro atoms. The molecule has 0 aliphatic carbocycles. The van der Waals surface area contributed by atoms with Crippen molar-refractivity contribution in [2.75, 3.05) is 6.61 Å². The minimum atomic E-state index is -0.320. The number of aromatic nitrogens is 3. The van der Waals surface area contributed by atoms with E-state index in [0.717, 1.165) is 16.8 Å². The molecule has 17 heavy (non-hydrogen) atoms. The van der Waals surface area contributed by atoms with Gasteiger partial charge in [-0.2, -0.15) is 5.10 Å². The van der Waals surface area contributed by atoms with Gasteiger partial charge in [0.15, 0.2) is 5.65 Å². The van der Waals surface area contributed by atoms with Crippen LogP contribution in [-0.4, -0.2) is 27.3 Å². The molecule has 5 nitrogen and oxygen atoms in total. The molecular formula is C12H15N3O2. The first-order valence-electron chi connectivity index (χ1n) is 5.52. The Balaban J connectivity index is 2.73. The number of pyridine rings is 1. The number of fused-ring (bicyclic) bond motifs is 1. The second kappa shape index (κ2) is 4.16. The van der Waals surface area contributed by atoms with Crippen LogP contribution >= 0.6 is 0 Å². The maximum Gasteiger partial charge on any atom is 0.339 e. The van der Waals surface area contributed by atoms with Gasteiger partial charge in [0, 0.05) is 12.7 Å². The van der Waals surface area contributed by atoms with Crippen molar-refractivity contribution in [2.45, 2.75) is 20.8 Å². The van der Waals surface area contributed by atoms with Crippen molar-refractivity contribution >= 4 is 17.0 Å². The van der Waals surface area contributed by atoms with Crippen LogP contribution in [0.3, 0.4) is 0 Å². The Morgan fingerprint density at radius 3 is 2.82 bits per heavy atom. The van der Waals surface area contributed by atoms with E-state index in [1.165, 1.54) is 0 Å². The van der Waals surface area contributed by atoms with Crippen molar-refractivity contribution in [2.24, 2.45) is 7.05 Å². The Morgan fingerprint density at radius 2 is 2.18 bits per heavy atom. The van der Waals surface area contributed by atoms with Gasteiger partial charge in [-0.25, -0.2) is 9.78 Å². The average molecular weight is 233 g/mol. The molecule has 2 rings (SSSR count). The Labute approximate surface area is 99.4 Å². The van der Waals surface area contributed by atoms with Gasteiger partial charge in [0.2, 0.25) is 0 Å². The summed E-state index contributed by atoms with van der Waals surface area (Å²) in [6.07, 6.45) is 0. The van der Waals surface area contributed by atoms with Crippen molar-refractivity contribution in [3.8, 4) is 0 Å². The van der Waals surface area contributed by atoms with Crippen molar-refractivity contribution in [3.05, 3.63) is 23.0 Å². The lowest BCUT2D eigenvalue weighted by molar-refractivity contribution is 0.0528. The van der Waals surface area contributed by atoms with Crippen LogP contribution in [0.15, 0.2) is 6.07 Å². The Morgan fingerprint density at radius 1 is 1.47 bits per heavy atom. The summed E-state index contributed by atoms with van der Waals surface area (Å²) in [4.78, 5) is 16.3. The normalized spacial score (nSPS) is 10.8. The van der Waals surface area contributed by atoms with Crippen LogP contribution in [0.4, 0.5) is 0 Å². The molecule has 0 atom stereocenters. The van der Waals surface area contributed by atoms with Crippen LogP contribution in [0.2, 0.25) is 0 Å². The first kappa shape index (κ1) is 11.6. The fraction of sp³-hybridized carbons (Fsp3) is 0.417. The Hall–Kier alpha value is -1.91. The molecule has 0 saturated carbocycles. The van der Waals surface area contributed by atoms with Crippen molar-refractivity contribution in [1.82, 2.24) is 14.8 Å². The highest BCUT2D eigenvalue weighted by atomic mass is 16.5. The molecule has 90 valence electrons. The molecule has 0 bridgehead atoms. The molecule has 2 aromatic rings. The summed E-state index contributed by atoms with van der Waals surface area (Å²) in [6.45, 7) is 5.87. The quantitative estimate of drug-likeness (QED) is 0.742. The molecule has 2 aromatic heterocycles. The molecule has 0 amide bonds. The third kappa shape index (κ3) is 1.88. The molecule has 0 aliphatic heterocycles. The highest BCUT2D eigenvalue weighted by Crippen LogP contribution is 2.22. The van der Waals surface area contributed by atoms with Crippen LogP contribution in [-0.2, 0) is 11.8 Å². The molecule has 0 radical (unpaired) electrons. The number of hydrogen-bond donors (Lipinski definition) is 0. The lowest BCUT2D eigenvalue weighted by Gasteiger charge is -2.05. The highest BCUT2D eigenvalue weighted by molar-refractivity contribution is 6.03. The van der Waals surface area contributed by atoms with E-state index >= 15 is 0 Å². The van der Waals surface area contributed by atoms with Gasteiger partial charge in [-0.1, -0.05) is 0 Å². The van der Waals surface area contributed by atoms with Crippen molar-refractivity contribution in [3.63, 3.8) is 0 Å². The van der Waals surface area contributed by atoms with E-state index in [-0.39, 0.29) is 5.97 Å². The highest BCUT2D eigenvalue weighted by Gasteiger charge is 2.18. The Bertz CT molecular complexity index is 587.